The van der Waals surface area contributed by atoms with Gasteiger partial charge in [0.25, 0.3) is 5.60 Å². The number of hydrogen-bond acceptors (Lipinski definition) is 3. The monoisotopic (exact) mass is 282 g/mol. The van der Waals surface area contributed by atoms with Crippen LogP contribution < -0.4 is 5.73 Å². The Kier molecular flexibility index (Phi) is 2.89. The lowest BCUT2D eigenvalue weighted by Gasteiger charge is -2.29. The van der Waals surface area contributed by atoms with Crippen molar-refractivity contribution in [3.05, 3.63) is 34.6 Å². The highest BCUT2D eigenvalue weighted by Gasteiger charge is 2.62. The third-order valence-corrected chi connectivity index (χ3v) is 2.88. The van der Waals surface area contributed by atoms with Gasteiger partial charge >= 0.3 is 6.18 Å². The first-order chi connectivity index (χ1) is 8.26. The Balaban J connectivity index is 2.52. The minimum absolute atomic E-state index is 0.284. The van der Waals surface area contributed by atoms with Gasteiger partial charge in [-0.05, 0) is 12.1 Å². The molecular weight excluding hydrogens is 276 g/mol. The van der Waals surface area contributed by atoms with Crippen LogP contribution in [0.1, 0.15) is 12.0 Å². The van der Waals surface area contributed by atoms with Crippen molar-refractivity contribution in [2.45, 2.75) is 18.2 Å². The Morgan fingerprint density at radius 2 is 2.06 bits per heavy atom. The van der Waals surface area contributed by atoms with Gasteiger partial charge in [-0.25, -0.2) is 4.39 Å². The smallest absolute Gasteiger partial charge is 0.384 e. The maximum atomic E-state index is 13.1. The number of oxime groups is 1. The largest absolute Gasteiger partial charge is 0.435 e. The van der Waals surface area contributed by atoms with Crippen molar-refractivity contribution < 1.29 is 22.4 Å². The lowest BCUT2D eigenvalue weighted by molar-refractivity contribution is -0.275. The average molecular weight is 283 g/mol. The van der Waals surface area contributed by atoms with E-state index >= 15 is 0 Å². The molecule has 3 nitrogen and oxygen atoms in total. The zero-order chi connectivity index (χ0) is 13.6. The summed E-state index contributed by atoms with van der Waals surface area (Å²) >= 11 is 5.47. The molecule has 0 saturated carbocycles. The van der Waals surface area contributed by atoms with Crippen molar-refractivity contribution in [2.75, 3.05) is 0 Å². The van der Waals surface area contributed by atoms with E-state index in [1.165, 1.54) is 0 Å². The molecule has 18 heavy (non-hydrogen) atoms. The molecule has 0 aliphatic carbocycles. The van der Waals surface area contributed by atoms with Gasteiger partial charge < -0.3 is 10.6 Å². The fourth-order valence-electron chi connectivity index (χ4n) is 1.67. The van der Waals surface area contributed by atoms with E-state index < -0.39 is 29.0 Å². The molecule has 98 valence electrons. The zero-order valence-electron chi connectivity index (χ0n) is 8.76. The number of nitrogens with zero attached hydrogens (tertiary/aromatic N) is 1. The van der Waals surface area contributed by atoms with Crippen molar-refractivity contribution in [3.8, 4) is 0 Å². The van der Waals surface area contributed by atoms with Crippen LogP contribution in [0.3, 0.4) is 0 Å². The summed E-state index contributed by atoms with van der Waals surface area (Å²) in [7, 11) is 0. The molecule has 2 rings (SSSR count). The minimum atomic E-state index is -4.75. The van der Waals surface area contributed by atoms with E-state index in [-0.39, 0.29) is 11.4 Å². The summed E-state index contributed by atoms with van der Waals surface area (Å²) in [6, 6.07) is 2.64. The van der Waals surface area contributed by atoms with Crippen molar-refractivity contribution in [1.29, 1.82) is 0 Å². The lowest BCUT2D eigenvalue weighted by Crippen LogP contribution is -2.43. The number of hydrogen-bond donors (Lipinski definition) is 1. The van der Waals surface area contributed by atoms with Gasteiger partial charge in [0.05, 0.1) is 11.4 Å². The highest BCUT2D eigenvalue weighted by atomic mass is 35.5. The highest BCUT2D eigenvalue weighted by Crippen LogP contribution is 2.47. The highest BCUT2D eigenvalue weighted by molar-refractivity contribution is 6.30. The molecule has 8 heteroatoms. The topological polar surface area (TPSA) is 47.6 Å². The summed E-state index contributed by atoms with van der Waals surface area (Å²) in [6.45, 7) is 0. The predicted octanol–water partition coefficient (Wildman–Crippen LogP) is 2.93. The molecule has 1 aliphatic rings. The summed E-state index contributed by atoms with van der Waals surface area (Å²) in [4.78, 5) is 4.46. The fraction of sp³-hybridized carbons (Fsp3) is 0.300. The molecule has 1 atom stereocenters. The van der Waals surface area contributed by atoms with Crippen molar-refractivity contribution in [2.24, 2.45) is 10.9 Å². The number of rotatable bonds is 1. The summed E-state index contributed by atoms with van der Waals surface area (Å²) in [6.07, 6.45) is -5.41. The molecule has 1 heterocycles. The standard InChI is InChI=1S/C10H7ClF4N2O/c11-6-3-5(1-2-7(6)12)9(10(13,14)15)4-8(16)17-18-9/h1-3H,4H2,(H2,16,17). The van der Waals surface area contributed by atoms with Crippen LogP contribution in [-0.4, -0.2) is 12.0 Å². The molecule has 0 spiro atoms. The van der Waals surface area contributed by atoms with Crippen LogP contribution in [0.5, 0.6) is 0 Å². The molecule has 0 fully saturated rings. The van der Waals surface area contributed by atoms with E-state index in [2.05, 4.69) is 9.99 Å². The first kappa shape index (κ1) is 12.9. The van der Waals surface area contributed by atoms with Crippen LogP contribution in [0.25, 0.3) is 0 Å². The second-order valence-corrected chi connectivity index (χ2v) is 4.21. The van der Waals surface area contributed by atoms with Gasteiger partial charge in [-0.3, -0.25) is 0 Å². The summed E-state index contributed by atoms with van der Waals surface area (Å²) in [5, 5.41) is 2.70. The summed E-state index contributed by atoms with van der Waals surface area (Å²) < 4.78 is 52.3. The van der Waals surface area contributed by atoms with Gasteiger partial charge in [0, 0.05) is 5.56 Å². The molecule has 0 radical (unpaired) electrons. The van der Waals surface area contributed by atoms with Gasteiger partial charge in [-0.1, -0.05) is 22.8 Å². The second kappa shape index (κ2) is 4.01. The van der Waals surface area contributed by atoms with E-state index in [4.69, 9.17) is 17.3 Å². The maximum absolute atomic E-state index is 13.1. The quantitative estimate of drug-likeness (QED) is 0.805. The molecule has 1 unspecified atom stereocenters. The van der Waals surface area contributed by atoms with Crippen LogP contribution >= 0.6 is 11.6 Å². The molecular formula is C10H7ClF4N2O. The molecule has 0 bridgehead atoms. The van der Waals surface area contributed by atoms with Crippen molar-refractivity contribution in [3.63, 3.8) is 0 Å². The van der Waals surface area contributed by atoms with Crippen LogP contribution in [0.4, 0.5) is 17.6 Å². The SMILES string of the molecule is NC1=NOC(c2ccc(F)c(Cl)c2)(C(F)(F)F)C1. The van der Waals surface area contributed by atoms with Gasteiger partial charge in [0.1, 0.15) is 11.7 Å². The lowest BCUT2D eigenvalue weighted by atomic mass is 9.89. The van der Waals surface area contributed by atoms with E-state index in [0.717, 1.165) is 18.2 Å². The molecule has 1 aromatic carbocycles. The summed E-state index contributed by atoms with van der Waals surface area (Å²) in [5.41, 5.74) is 2.19. The molecule has 0 saturated heterocycles. The van der Waals surface area contributed by atoms with Crippen LogP contribution in [0, 0.1) is 5.82 Å². The predicted molar refractivity (Wildman–Crippen MR) is 56.5 cm³/mol. The molecule has 0 aromatic heterocycles. The van der Waals surface area contributed by atoms with Crippen LogP contribution in [0.15, 0.2) is 23.4 Å². The number of benzene rings is 1. The second-order valence-electron chi connectivity index (χ2n) is 3.80. The van der Waals surface area contributed by atoms with Gasteiger partial charge in [-0.2, -0.15) is 13.2 Å². The van der Waals surface area contributed by atoms with Crippen molar-refractivity contribution >= 4 is 17.4 Å². The Bertz CT molecular complexity index is 517. The number of nitrogens with two attached hydrogens (primary N) is 1. The van der Waals surface area contributed by atoms with Crippen LogP contribution in [0.2, 0.25) is 5.02 Å². The fourth-order valence-corrected chi connectivity index (χ4v) is 1.85. The Labute approximate surface area is 104 Å². The van der Waals surface area contributed by atoms with E-state index in [1.54, 1.807) is 0 Å². The average Bonchev–Trinajstić information content (AvgIpc) is 2.65. The Morgan fingerprint density at radius 3 is 2.50 bits per heavy atom. The first-order valence-corrected chi connectivity index (χ1v) is 5.17. The Hall–Kier alpha value is -1.50. The minimum Gasteiger partial charge on any atom is -0.384 e. The third kappa shape index (κ3) is 1.88. The number of amidine groups is 1. The van der Waals surface area contributed by atoms with Crippen molar-refractivity contribution in [1.82, 2.24) is 0 Å². The molecule has 1 aromatic rings. The number of alkyl halides is 3. The van der Waals surface area contributed by atoms with Gasteiger partial charge in [-0.15, -0.1) is 0 Å². The van der Waals surface area contributed by atoms with E-state index in [9.17, 15) is 17.6 Å². The molecule has 2 N–H and O–H groups in total. The van der Waals surface area contributed by atoms with Gasteiger partial charge in [0.2, 0.25) is 0 Å². The Morgan fingerprint density at radius 1 is 1.39 bits per heavy atom. The van der Waals surface area contributed by atoms with E-state index in [0.29, 0.717) is 0 Å². The first-order valence-electron chi connectivity index (χ1n) is 4.79. The summed E-state index contributed by atoms with van der Waals surface area (Å²) in [5.74, 6) is -1.10. The van der Waals surface area contributed by atoms with Crippen LogP contribution in [-0.2, 0) is 10.4 Å². The van der Waals surface area contributed by atoms with E-state index in [1.807, 2.05) is 0 Å². The molecule has 1 aliphatic heterocycles. The maximum Gasteiger partial charge on any atom is 0.435 e. The zero-order valence-corrected chi connectivity index (χ0v) is 9.52. The molecule has 0 amide bonds. The normalized spacial score (nSPS) is 23.7. The third-order valence-electron chi connectivity index (χ3n) is 2.59. The van der Waals surface area contributed by atoms with Gasteiger partial charge in [0.15, 0.2) is 0 Å². The number of halogens is 5.